The summed E-state index contributed by atoms with van der Waals surface area (Å²) in [4.78, 5) is 25.3. The molecule has 1 saturated carbocycles. The number of hydrogen-bond acceptors (Lipinski definition) is 2. The van der Waals surface area contributed by atoms with Crippen LogP contribution in [0.2, 0.25) is 0 Å². The predicted molar refractivity (Wildman–Crippen MR) is 65.2 cm³/mol. The third kappa shape index (κ3) is 1.68. The molecule has 0 aromatic rings. The topological polar surface area (TPSA) is 69.6 Å². The van der Waals surface area contributed by atoms with E-state index in [9.17, 15) is 9.59 Å². The lowest BCUT2D eigenvalue weighted by Crippen LogP contribution is -2.56. The second-order valence-corrected chi connectivity index (χ2v) is 6.23. The lowest BCUT2D eigenvalue weighted by Gasteiger charge is -2.40. The normalized spacial score (nSPS) is 36.3. The molecule has 2 bridgehead atoms. The second kappa shape index (κ2) is 3.87. The molecule has 3 aliphatic rings. The van der Waals surface area contributed by atoms with E-state index in [0.717, 1.165) is 25.7 Å². The molecule has 5 nitrogen and oxygen atoms in total. The molecule has 100 valence electrons. The van der Waals surface area contributed by atoms with Gasteiger partial charge in [0.15, 0.2) is 0 Å². The van der Waals surface area contributed by atoms with Crippen molar-refractivity contribution >= 4 is 12.0 Å². The lowest BCUT2D eigenvalue weighted by molar-refractivity contribution is -0.142. The highest BCUT2D eigenvalue weighted by molar-refractivity contribution is 5.80. The molecule has 18 heavy (non-hydrogen) atoms. The van der Waals surface area contributed by atoms with Crippen molar-refractivity contribution in [2.24, 2.45) is 5.92 Å². The highest BCUT2D eigenvalue weighted by atomic mass is 16.4. The van der Waals surface area contributed by atoms with Gasteiger partial charge in [-0.05, 0) is 45.4 Å². The molecule has 2 saturated heterocycles. The van der Waals surface area contributed by atoms with E-state index in [2.05, 4.69) is 12.2 Å². The number of hydrogen-bond donors (Lipinski definition) is 2. The second-order valence-electron chi connectivity index (χ2n) is 6.23. The first-order valence-electron chi connectivity index (χ1n) is 6.83. The van der Waals surface area contributed by atoms with Crippen LogP contribution in [0.25, 0.3) is 0 Å². The van der Waals surface area contributed by atoms with Crippen molar-refractivity contribution in [2.45, 2.75) is 63.1 Å². The van der Waals surface area contributed by atoms with Crippen LogP contribution in [0.1, 0.15) is 45.4 Å². The smallest absolute Gasteiger partial charge is 0.318 e. The Balaban J connectivity index is 1.69. The number of fused-ring (bicyclic) bond motifs is 2. The Hall–Kier alpha value is -1.26. The van der Waals surface area contributed by atoms with Gasteiger partial charge in [-0.2, -0.15) is 0 Å². The van der Waals surface area contributed by atoms with Gasteiger partial charge in [0.25, 0.3) is 0 Å². The summed E-state index contributed by atoms with van der Waals surface area (Å²) < 4.78 is 0. The van der Waals surface area contributed by atoms with Gasteiger partial charge in [-0.1, -0.05) is 0 Å². The number of carboxylic acids is 1. The molecule has 0 spiro atoms. The maximum atomic E-state index is 12.3. The third-order valence-electron chi connectivity index (χ3n) is 4.95. The molecule has 2 heterocycles. The SMILES string of the molecule is CC1(NC(=O)N2C3CCC2C(C(=O)O)C3)CCC1. The van der Waals surface area contributed by atoms with E-state index in [-0.39, 0.29) is 29.6 Å². The zero-order chi connectivity index (χ0) is 12.9. The third-order valence-corrected chi connectivity index (χ3v) is 4.95. The molecule has 1 aliphatic carbocycles. The Labute approximate surface area is 107 Å². The van der Waals surface area contributed by atoms with E-state index >= 15 is 0 Å². The quantitative estimate of drug-likeness (QED) is 0.784. The number of nitrogens with one attached hydrogen (secondary N) is 1. The van der Waals surface area contributed by atoms with Crippen LogP contribution in [0.3, 0.4) is 0 Å². The molecule has 3 rings (SSSR count). The largest absolute Gasteiger partial charge is 0.481 e. The molecule has 2 N–H and O–H groups in total. The van der Waals surface area contributed by atoms with Crippen LogP contribution in [-0.2, 0) is 4.79 Å². The van der Waals surface area contributed by atoms with Crippen LogP contribution in [0, 0.1) is 5.92 Å². The maximum Gasteiger partial charge on any atom is 0.318 e. The van der Waals surface area contributed by atoms with E-state index in [1.807, 2.05) is 4.90 Å². The van der Waals surface area contributed by atoms with Crippen molar-refractivity contribution < 1.29 is 14.7 Å². The first-order chi connectivity index (χ1) is 8.50. The first kappa shape index (κ1) is 11.8. The van der Waals surface area contributed by atoms with E-state index < -0.39 is 5.97 Å². The predicted octanol–water partition coefficient (Wildman–Crippen LogP) is 1.58. The van der Waals surface area contributed by atoms with Crippen LogP contribution in [0.5, 0.6) is 0 Å². The van der Waals surface area contributed by atoms with Gasteiger partial charge in [0.2, 0.25) is 0 Å². The average molecular weight is 252 g/mol. The molecule has 0 radical (unpaired) electrons. The molecular formula is C13H20N2O3. The number of nitrogens with zero attached hydrogens (tertiary/aromatic N) is 1. The van der Waals surface area contributed by atoms with Crippen molar-refractivity contribution in [1.82, 2.24) is 10.2 Å². The minimum absolute atomic E-state index is 0.0477. The van der Waals surface area contributed by atoms with Gasteiger partial charge in [0, 0.05) is 17.6 Å². The Morgan fingerprint density at radius 2 is 2.06 bits per heavy atom. The number of aliphatic carboxylic acids is 1. The van der Waals surface area contributed by atoms with Gasteiger partial charge in [-0.15, -0.1) is 0 Å². The summed E-state index contributed by atoms with van der Waals surface area (Å²) in [5.74, 6) is -1.11. The summed E-state index contributed by atoms with van der Waals surface area (Å²) in [7, 11) is 0. The molecule has 2 aliphatic heterocycles. The average Bonchev–Trinajstić information content (AvgIpc) is 2.83. The summed E-state index contributed by atoms with van der Waals surface area (Å²) in [5.41, 5.74) is -0.0577. The van der Waals surface area contributed by atoms with Gasteiger partial charge in [-0.25, -0.2) is 4.79 Å². The van der Waals surface area contributed by atoms with Crippen molar-refractivity contribution in [1.29, 1.82) is 0 Å². The molecule has 3 atom stereocenters. The van der Waals surface area contributed by atoms with Crippen LogP contribution < -0.4 is 5.32 Å². The van der Waals surface area contributed by atoms with Crippen molar-refractivity contribution in [3.8, 4) is 0 Å². The number of carboxylic acid groups (broad SMARTS) is 1. The fourth-order valence-corrected chi connectivity index (χ4v) is 3.73. The van der Waals surface area contributed by atoms with Gasteiger partial charge in [-0.3, -0.25) is 4.79 Å². The summed E-state index contributed by atoms with van der Waals surface area (Å²) in [6, 6.07) is 0.00408. The summed E-state index contributed by atoms with van der Waals surface area (Å²) >= 11 is 0. The minimum Gasteiger partial charge on any atom is -0.481 e. The molecule has 2 amide bonds. The molecule has 0 aromatic carbocycles. The number of carbonyl (C=O) groups is 2. The van der Waals surface area contributed by atoms with Crippen molar-refractivity contribution in [3.05, 3.63) is 0 Å². The number of carbonyl (C=O) groups excluding carboxylic acids is 1. The lowest BCUT2D eigenvalue weighted by atomic mass is 9.79. The van der Waals surface area contributed by atoms with Gasteiger partial charge in [0.1, 0.15) is 0 Å². The van der Waals surface area contributed by atoms with Gasteiger partial charge in [0.05, 0.1) is 5.92 Å². The fourth-order valence-electron chi connectivity index (χ4n) is 3.73. The number of urea groups is 1. The van der Waals surface area contributed by atoms with Crippen LogP contribution >= 0.6 is 0 Å². The van der Waals surface area contributed by atoms with Crippen LogP contribution in [-0.4, -0.2) is 39.6 Å². The minimum atomic E-state index is -0.755. The monoisotopic (exact) mass is 252 g/mol. The van der Waals surface area contributed by atoms with Crippen LogP contribution in [0.4, 0.5) is 4.79 Å². The Bertz CT molecular complexity index is 392. The summed E-state index contributed by atoms with van der Waals surface area (Å²) in [5, 5.41) is 12.3. The number of rotatable bonds is 2. The Kier molecular flexibility index (Phi) is 2.54. The highest BCUT2D eigenvalue weighted by Crippen LogP contribution is 2.42. The Morgan fingerprint density at radius 3 is 2.56 bits per heavy atom. The first-order valence-corrected chi connectivity index (χ1v) is 6.83. The van der Waals surface area contributed by atoms with E-state index in [4.69, 9.17) is 5.11 Å². The molecule has 0 aromatic heterocycles. The zero-order valence-electron chi connectivity index (χ0n) is 10.7. The number of amides is 2. The van der Waals surface area contributed by atoms with Gasteiger partial charge < -0.3 is 15.3 Å². The van der Waals surface area contributed by atoms with Crippen molar-refractivity contribution in [2.75, 3.05) is 0 Å². The Morgan fingerprint density at radius 1 is 1.33 bits per heavy atom. The zero-order valence-corrected chi connectivity index (χ0v) is 10.7. The van der Waals surface area contributed by atoms with E-state index in [1.165, 1.54) is 6.42 Å². The van der Waals surface area contributed by atoms with Gasteiger partial charge >= 0.3 is 12.0 Å². The molecular weight excluding hydrogens is 232 g/mol. The van der Waals surface area contributed by atoms with E-state index in [1.54, 1.807) is 0 Å². The molecule has 3 unspecified atom stereocenters. The standard InChI is InChI=1S/C13H20N2O3/c1-13(5-2-6-13)14-12(18)15-8-3-4-10(15)9(7-8)11(16)17/h8-10H,2-7H2,1H3,(H,14,18)(H,16,17). The summed E-state index contributed by atoms with van der Waals surface area (Å²) in [6.45, 7) is 2.07. The molecule has 5 heteroatoms. The summed E-state index contributed by atoms with van der Waals surface area (Å²) in [6.07, 6.45) is 5.66. The highest BCUT2D eigenvalue weighted by Gasteiger charge is 2.52. The maximum absolute atomic E-state index is 12.3. The van der Waals surface area contributed by atoms with Crippen molar-refractivity contribution in [3.63, 3.8) is 0 Å². The van der Waals surface area contributed by atoms with E-state index in [0.29, 0.717) is 6.42 Å². The fraction of sp³-hybridized carbons (Fsp3) is 0.846. The molecule has 3 fully saturated rings. The van der Waals surface area contributed by atoms with Crippen LogP contribution in [0.15, 0.2) is 0 Å².